The summed E-state index contributed by atoms with van der Waals surface area (Å²) in [6, 6.07) is 21.2. The fourth-order valence-electron chi connectivity index (χ4n) is 2.71. The molecule has 6 heteroatoms. The van der Waals surface area contributed by atoms with Gasteiger partial charge in [0.25, 0.3) is 0 Å². The maximum Gasteiger partial charge on any atom is 0.124 e. The lowest BCUT2D eigenvalue weighted by Gasteiger charge is -2.02. The van der Waals surface area contributed by atoms with E-state index in [0.717, 1.165) is 21.8 Å². The lowest BCUT2D eigenvalue weighted by Crippen LogP contribution is -1.97. The average Bonchev–Trinajstić information content (AvgIpc) is 3.15. The van der Waals surface area contributed by atoms with Crippen LogP contribution in [-0.2, 0) is 0 Å². The van der Waals surface area contributed by atoms with Crippen molar-refractivity contribution in [3.05, 3.63) is 72.3 Å². The zero-order chi connectivity index (χ0) is 19.3. The van der Waals surface area contributed by atoms with Crippen LogP contribution in [0.15, 0.2) is 77.0 Å². The highest BCUT2D eigenvalue weighted by molar-refractivity contribution is 7.21. The Balaban J connectivity index is 1.47. The van der Waals surface area contributed by atoms with E-state index in [2.05, 4.69) is 35.4 Å². The van der Waals surface area contributed by atoms with Crippen molar-refractivity contribution in [2.75, 3.05) is 13.3 Å². The van der Waals surface area contributed by atoms with Crippen molar-refractivity contribution in [1.29, 1.82) is 0 Å². The number of azo groups is 1. The van der Waals surface area contributed by atoms with E-state index >= 15 is 0 Å². The number of hydrogen-bond acceptors (Lipinski definition) is 5. The van der Waals surface area contributed by atoms with Crippen LogP contribution in [-0.4, -0.2) is 18.3 Å². The molecule has 0 radical (unpaired) electrons. The summed E-state index contributed by atoms with van der Waals surface area (Å²) in [5, 5.41) is 9.49. The number of nitrogens with zero attached hydrogens (tertiary/aromatic N) is 3. The molecule has 0 N–H and O–H groups in total. The van der Waals surface area contributed by atoms with Gasteiger partial charge in [0.05, 0.1) is 21.6 Å². The lowest BCUT2D eigenvalue weighted by atomic mass is 10.2. The van der Waals surface area contributed by atoms with Gasteiger partial charge in [0.15, 0.2) is 0 Å². The minimum Gasteiger partial charge on any atom is -0.491 e. The number of aryl methyl sites for hydroxylation is 1. The molecule has 28 heavy (non-hydrogen) atoms. The predicted octanol–water partition coefficient (Wildman–Crippen LogP) is 7.04. The molecule has 0 unspecified atom stereocenters. The highest BCUT2D eigenvalue weighted by Crippen LogP contribution is 2.32. The van der Waals surface area contributed by atoms with Crippen molar-refractivity contribution in [3.8, 4) is 16.3 Å². The van der Waals surface area contributed by atoms with Crippen molar-refractivity contribution in [2.45, 2.75) is 6.92 Å². The van der Waals surface area contributed by atoms with Crippen molar-refractivity contribution < 1.29 is 9.13 Å². The molecule has 4 rings (SSSR count). The Kier molecular flexibility index (Phi) is 5.39. The number of benzene rings is 3. The summed E-state index contributed by atoms with van der Waals surface area (Å²) in [6.45, 7) is 1.64. The Bertz CT molecular complexity index is 1110. The third kappa shape index (κ3) is 4.23. The Hall–Kier alpha value is -3.12. The van der Waals surface area contributed by atoms with E-state index < -0.39 is 6.67 Å². The molecule has 4 aromatic rings. The van der Waals surface area contributed by atoms with Gasteiger partial charge >= 0.3 is 0 Å². The summed E-state index contributed by atoms with van der Waals surface area (Å²) in [5.41, 5.74) is 4.79. The zero-order valence-corrected chi connectivity index (χ0v) is 16.1. The second-order valence-corrected chi connectivity index (χ2v) is 7.30. The van der Waals surface area contributed by atoms with Gasteiger partial charge in [0.1, 0.15) is 24.0 Å². The highest BCUT2D eigenvalue weighted by atomic mass is 32.1. The minimum atomic E-state index is -0.506. The van der Waals surface area contributed by atoms with Crippen molar-refractivity contribution in [3.63, 3.8) is 0 Å². The fourth-order valence-corrected chi connectivity index (χ4v) is 3.78. The molecular formula is C22H18FN3OS. The molecule has 0 spiro atoms. The van der Waals surface area contributed by atoms with Gasteiger partial charge in [-0.3, -0.25) is 0 Å². The molecule has 4 nitrogen and oxygen atoms in total. The summed E-state index contributed by atoms with van der Waals surface area (Å²) in [4.78, 5) is 4.71. The van der Waals surface area contributed by atoms with E-state index in [9.17, 15) is 4.39 Å². The number of rotatable bonds is 6. The summed E-state index contributed by atoms with van der Waals surface area (Å²) in [5.74, 6) is 0.618. The van der Waals surface area contributed by atoms with Gasteiger partial charge in [-0.2, -0.15) is 10.2 Å². The fraction of sp³-hybridized carbons (Fsp3) is 0.136. The predicted molar refractivity (Wildman–Crippen MR) is 112 cm³/mol. The summed E-state index contributed by atoms with van der Waals surface area (Å²) >= 11 is 1.69. The topological polar surface area (TPSA) is 46.8 Å². The Morgan fingerprint density at radius 1 is 0.929 bits per heavy atom. The summed E-state index contributed by atoms with van der Waals surface area (Å²) in [7, 11) is 0. The number of hydrogen-bond donors (Lipinski definition) is 0. The van der Waals surface area contributed by atoms with E-state index in [-0.39, 0.29) is 6.61 Å². The quantitative estimate of drug-likeness (QED) is 0.331. The number of thiazole rings is 1. The second-order valence-electron chi connectivity index (χ2n) is 6.27. The number of ether oxygens (including phenoxy) is 1. The number of halogens is 1. The van der Waals surface area contributed by atoms with Gasteiger partial charge in [0.2, 0.25) is 0 Å². The molecule has 0 atom stereocenters. The smallest absolute Gasteiger partial charge is 0.124 e. The van der Waals surface area contributed by atoms with Gasteiger partial charge in [-0.25, -0.2) is 9.37 Å². The molecule has 140 valence electrons. The average molecular weight is 391 g/mol. The van der Waals surface area contributed by atoms with Crippen molar-refractivity contribution in [1.82, 2.24) is 4.98 Å². The normalized spacial score (nSPS) is 11.4. The lowest BCUT2D eigenvalue weighted by molar-refractivity contribution is 0.273. The van der Waals surface area contributed by atoms with Crippen LogP contribution in [0, 0.1) is 6.92 Å². The second kappa shape index (κ2) is 8.27. The first kappa shape index (κ1) is 18.3. The van der Waals surface area contributed by atoms with E-state index in [0.29, 0.717) is 11.4 Å². The molecule has 0 aliphatic carbocycles. The zero-order valence-electron chi connectivity index (χ0n) is 15.3. The first-order valence-electron chi connectivity index (χ1n) is 8.89. The number of fused-ring (bicyclic) bond motifs is 1. The third-order valence-corrected chi connectivity index (χ3v) is 5.19. The van der Waals surface area contributed by atoms with Gasteiger partial charge in [-0.15, -0.1) is 11.3 Å². The van der Waals surface area contributed by atoms with Crippen LogP contribution < -0.4 is 4.74 Å². The first-order valence-corrected chi connectivity index (χ1v) is 9.71. The van der Waals surface area contributed by atoms with Crippen molar-refractivity contribution in [2.24, 2.45) is 10.2 Å². The minimum absolute atomic E-state index is 0.0570. The molecule has 0 amide bonds. The monoisotopic (exact) mass is 391 g/mol. The number of aromatic nitrogens is 1. The molecule has 0 aliphatic rings. The molecule has 0 aliphatic heterocycles. The molecular weight excluding hydrogens is 373 g/mol. The summed E-state index contributed by atoms with van der Waals surface area (Å²) < 4.78 is 18.5. The van der Waals surface area contributed by atoms with Crippen LogP contribution in [0.5, 0.6) is 5.75 Å². The molecule has 0 saturated carbocycles. The highest BCUT2D eigenvalue weighted by Gasteiger charge is 2.06. The van der Waals surface area contributed by atoms with Gasteiger partial charge in [0, 0.05) is 5.56 Å². The Labute approximate surface area is 166 Å². The molecule has 3 aromatic carbocycles. The van der Waals surface area contributed by atoms with Crippen LogP contribution in [0.2, 0.25) is 0 Å². The van der Waals surface area contributed by atoms with Gasteiger partial charge < -0.3 is 4.74 Å². The molecule has 0 fully saturated rings. The van der Waals surface area contributed by atoms with Gasteiger partial charge in [-0.05, 0) is 73.2 Å². The standard InChI is InChI=1S/C22H18FN3OS/c1-15-2-11-20-21(14-15)28-22(24-20)16-3-5-17(6-4-16)25-26-18-7-9-19(10-8-18)27-13-12-23/h2-11,14H,12-13H2,1H3/b26-25+. The van der Waals surface area contributed by atoms with E-state index in [1.54, 1.807) is 35.6 Å². The third-order valence-electron chi connectivity index (χ3n) is 4.12. The van der Waals surface area contributed by atoms with Crippen LogP contribution in [0.1, 0.15) is 5.56 Å². The Morgan fingerprint density at radius 2 is 1.61 bits per heavy atom. The van der Waals surface area contributed by atoms with E-state index in [4.69, 9.17) is 9.72 Å². The van der Waals surface area contributed by atoms with Crippen molar-refractivity contribution >= 4 is 32.9 Å². The van der Waals surface area contributed by atoms with Crippen LogP contribution >= 0.6 is 11.3 Å². The maximum atomic E-state index is 12.1. The van der Waals surface area contributed by atoms with E-state index in [1.165, 1.54) is 10.3 Å². The SMILES string of the molecule is Cc1ccc2nc(-c3ccc(/N=N/c4ccc(OCCF)cc4)cc3)sc2c1. The van der Waals surface area contributed by atoms with Gasteiger partial charge in [-0.1, -0.05) is 6.07 Å². The summed E-state index contributed by atoms with van der Waals surface area (Å²) in [6.07, 6.45) is 0. The number of alkyl halides is 1. The molecule has 0 saturated heterocycles. The largest absolute Gasteiger partial charge is 0.491 e. The molecule has 0 bridgehead atoms. The van der Waals surface area contributed by atoms with E-state index in [1.807, 2.05) is 24.3 Å². The molecule has 1 aromatic heterocycles. The maximum absolute atomic E-state index is 12.1. The van der Waals surface area contributed by atoms with Crippen LogP contribution in [0.3, 0.4) is 0 Å². The molecule has 1 heterocycles. The van der Waals surface area contributed by atoms with Crippen LogP contribution in [0.4, 0.5) is 15.8 Å². The van der Waals surface area contributed by atoms with Crippen LogP contribution in [0.25, 0.3) is 20.8 Å². The Morgan fingerprint density at radius 3 is 2.29 bits per heavy atom. The first-order chi connectivity index (χ1) is 13.7.